The number of oxime groups is 1. The van der Waals surface area contributed by atoms with Gasteiger partial charge in [-0.15, -0.1) is 11.3 Å². The molecule has 0 saturated heterocycles. The van der Waals surface area contributed by atoms with E-state index in [1.54, 1.807) is 11.3 Å². The molecule has 0 bridgehead atoms. The van der Waals surface area contributed by atoms with Crippen molar-refractivity contribution in [1.29, 1.82) is 0 Å². The van der Waals surface area contributed by atoms with E-state index in [4.69, 9.17) is 14.0 Å². The highest BCUT2D eigenvalue weighted by atomic mass is 32.1. The lowest BCUT2D eigenvalue weighted by molar-refractivity contribution is 0.130. The van der Waals surface area contributed by atoms with Gasteiger partial charge in [0.05, 0.1) is 10.6 Å². The summed E-state index contributed by atoms with van der Waals surface area (Å²) in [5.74, 6) is 2.20. The van der Waals surface area contributed by atoms with Gasteiger partial charge in [-0.3, -0.25) is 0 Å². The van der Waals surface area contributed by atoms with E-state index >= 15 is 0 Å². The van der Waals surface area contributed by atoms with Gasteiger partial charge in [-0.05, 0) is 54.5 Å². The average molecular weight is 531 g/mol. The van der Waals surface area contributed by atoms with E-state index in [0.717, 1.165) is 51.8 Å². The van der Waals surface area contributed by atoms with Crippen molar-refractivity contribution in [1.82, 2.24) is 4.98 Å². The molecule has 0 N–H and O–H groups in total. The zero-order valence-electron chi connectivity index (χ0n) is 22.5. The van der Waals surface area contributed by atoms with Gasteiger partial charge in [-0.25, -0.2) is 4.98 Å². The summed E-state index contributed by atoms with van der Waals surface area (Å²) in [6, 6.07) is 22.3. The SMILES string of the molecule is CCCCCCCCC/C(=N\OCc1ccc(OCc2nc(-c3cccs3)oc2C)cc1)c1ccccc1. The number of nitrogens with zero attached hydrogens (tertiary/aromatic N) is 2. The second-order valence-corrected chi connectivity index (χ2v) is 10.4. The summed E-state index contributed by atoms with van der Waals surface area (Å²) in [7, 11) is 0. The van der Waals surface area contributed by atoms with E-state index in [-0.39, 0.29) is 0 Å². The van der Waals surface area contributed by atoms with E-state index < -0.39 is 0 Å². The third kappa shape index (κ3) is 8.59. The molecule has 38 heavy (non-hydrogen) atoms. The van der Waals surface area contributed by atoms with Crippen LogP contribution in [0.3, 0.4) is 0 Å². The van der Waals surface area contributed by atoms with E-state index in [2.05, 4.69) is 41.3 Å². The van der Waals surface area contributed by atoms with E-state index in [9.17, 15) is 0 Å². The maximum Gasteiger partial charge on any atom is 0.236 e. The maximum atomic E-state index is 5.96. The normalized spacial score (nSPS) is 11.6. The molecule has 0 aliphatic carbocycles. The largest absolute Gasteiger partial charge is 0.487 e. The molecular formula is C32H38N2O3S. The Balaban J connectivity index is 1.26. The predicted molar refractivity (Wildman–Crippen MR) is 156 cm³/mol. The van der Waals surface area contributed by atoms with Gasteiger partial charge in [0.2, 0.25) is 5.89 Å². The van der Waals surface area contributed by atoms with Gasteiger partial charge in [0.15, 0.2) is 0 Å². The van der Waals surface area contributed by atoms with Crippen molar-refractivity contribution in [3.8, 4) is 16.5 Å². The number of unbranched alkanes of at least 4 members (excludes halogenated alkanes) is 6. The highest BCUT2D eigenvalue weighted by Gasteiger charge is 2.13. The Bertz CT molecular complexity index is 1230. The molecule has 4 rings (SSSR count). The lowest BCUT2D eigenvalue weighted by Gasteiger charge is -2.09. The van der Waals surface area contributed by atoms with Crippen molar-refractivity contribution >= 4 is 17.0 Å². The van der Waals surface area contributed by atoms with Crippen molar-refractivity contribution in [3.05, 3.63) is 94.7 Å². The highest BCUT2D eigenvalue weighted by Crippen LogP contribution is 2.26. The standard InChI is InChI=1S/C32H38N2O3S/c1-3-4-5-6-7-8-12-16-29(27-14-10-9-11-15-27)34-36-23-26-18-20-28(21-19-26)35-24-30-25(2)37-32(33-30)31-17-13-22-38-31/h9-11,13-15,17-22H,3-8,12,16,23-24H2,1-2H3/b34-29+. The van der Waals surface area contributed by atoms with Crippen LogP contribution in [-0.4, -0.2) is 10.7 Å². The number of hydrogen-bond donors (Lipinski definition) is 0. The Morgan fingerprint density at radius 1 is 0.868 bits per heavy atom. The maximum absolute atomic E-state index is 5.96. The topological polar surface area (TPSA) is 56.9 Å². The molecule has 0 amide bonds. The minimum Gasteiger partial charge on any atom is -0.487 e. The average Bonchev–Trinajstić information content (AvgIpc) is 3.61. The molecule has 200 valence electrons. The molecule has 0 saturated carbocycles. The fourth-order valence-corrected chi connectivity index (χ4v) is 4.86. The zero-order valence-corrected chi connectivity index (χ0v) is 23.3. The van der Waals surface area contributed by atoms with Gasteiger partial charge in [-0.1, -0.05) is 99.1 Å². The molecule has 2 aromatic carbocycles. The Morgan fingerprint density at radius 3 is 2.37 bits per heavy atom. The van der Waals surface area contributed by atoms with Crippen molar-refractivity contribution < 1.29 is 14.0 Å². The summed E-state index contributed by atoms with van der Waals surface area (Å²) in [6.45, 7) is 4.95. The quantitative estimate of drug-likeness (QED) is 0.0822. The van der Waals surface area contributed by atoms with Crippen LogP contribution in [0.5, 0.6) is 5.75 Å². The Hall–Kier alpha value is -3.38. The van der Waals surface area contributed by atoms with Crippen molar-refractivity contribution in [2.24, 2.45) is 5.16 Å². The summed E-state index contributed by atoms with van der Waals surface area (Å²) in [4.78, 5) is 11.4. The summed E-state index contributed by atoms with van der Waals surface area (Å²) in [6.07, 6.45) is 9.90. The van der Waals surface area contributed by atoms with Crippen LogP contribution in [0.1, 0.15) is 80.9 Å². The van der Waals surface area contributed by atoms with Gasteiger partial charge in [0, 0.05) is 0 Å². The molecule has 6 heteroatoms. The van der Waals surface area contributed by atoms with Crippen LogP contribution in [0.2, 0.25) is 0 Å². The number of thiophene rings is 1. The van der Waals surface area contributed by atoms with Crippen LogP contribution in [-0.2, 0) is 18.1 Å². The van der Waals surface area contributed by atoms with Crippen molar-refractivity contribution in [2.75, 3.05) is 0 Å². The Labute approximate surface area is 230 Å². The summed E-state index contributed by atoms with van der Waals surface area (Å²) in [5, 5.41) is 6.55. The highest BCUT2D eigenvalue weighted by molar-refractivity contribution is 7.13. The molecule has 0 atom stereocenters. The predicted octanol–water partition coefficient (Wildman–Crippen LogP) is 9.35. The van der Waals surface area contributed by atoms with Gasteiger partial charge in [-0.2, -0.15) is 0 Å². The zero-order chi connectivity index (χ0) is 26.4. The second-order valence-electron chi connectivity index (χ2n) is 9.48. The first-order chi connectivity index (χ1) is 18.7. The number of ether oxygens (including phenoxy) is 1. The van der Waals surface area contributed by atoms with Crippen molar-refractivity contribution in [2.45, 2.75) is 78.4 Å². The number of rotatable bonds is 16. The Kier molecular flexibility index (Phi) is 11.0. The molecule has 4 aromatic rings. The number of aryl methyl sites for hydroxylation is 1. The molecule has 2 heterocycles. The fourth-order valence-electron chi connectivity index (χ4n) is 4.21. The number of oxazole rings is 1. The smallest absolute Gasteiger partial charge is 0.236 e. The first kappa shape index (κ1) is 27.6. The van der Waals surface area contributed by atoms with Crippen molar-refractivity contribution in [3.63, 3.8) is 0 Å². The van der Waals surface area contributed by atoms with Gasteiger partial charge < -0.3 is 14.0 Å². The molecular weight excluding hydrogens is 492 g/mol. The monoisotopic (exact) mass is 530 g/mol. The lowest BCUT2D eigenvalue weighted by atomic mass is 10.0. The molecule has 5 nitrogen and oxygen atoms in total. The van der Waals surface area contributed by atoms with Crippen LogP contribution < -0.4 is 4.74 Å². The van der Waals surface area contributed by atoms with Crippen LogP contribution in [0.25, 0.3) is 10.8 Å². The van der Waals surface area contributed by atoms with E-state index in [1.807, 2.05) is 54.8 Å². The summed E-state index contributed by atoms with van der Waals surface area (Å²) >= 11 is 1.61. The van der Waals surface area contributed by atoms with Crippen LogP contribution in [0.15, 0.2) is 81.7 Å². The second kappa shape index (κ2) is 15.1. The van der Waals surface area contributed by atoms with E-state index in [0.29, 0.717) is 19.1 Å². The Morgan fingerprint density at radius 2 is 1.63 bits per heavy atom. The molecule has 2 aromatic heterocycles. The van der Waals surface area contributed by atoms with Crippen LogP contribution in [0.4, 0.5) is 0 Å². The number of aromatic nitrogens is 1. The first-order valence-electron chi connectivity index (χ1n) is 13.7. The molecule has 0 aliphatic rings. The van der Waals surface area contributed by atoms with Gasteiger partial charge in [0.1, 0.15) is 30.4 Å². The fraction of sp³-hybridized carbons (Fsp3) is 0.375. The molecule has 0 spiro atoms. The number of hydrogen-bond acceptors (Lipinski definition) is 6. The third-order valence-electron chi connectivity index (χ3n) is 6.45. The summed E-state index contributed by atoms with van der Waals surface area (Å²) < 4.78 is 11.8. The summed E-state index contributed by atoms with van der Waals surface area (Å²) in [5.41, 5.74) is 4.00. The van der Waals surface area contributed by atoms with Gasteiger partial charge in [0.25, 0.3) is 0 Å². The lowest BCUT2D eigenvalue weighted by Crippen LogP contribution is -2.03. The first-order valence-corrected chi connectivity index (χ1v) is 14.6. The molecule has 0 radical (unpaired) electrons. The molecule has 0 aliphatic heterocycles. The van der Waals surface area contributed by atoms with Crippen LogP contribution >= 0.6 is 11.3 Å². The molecule has 0 fully saturated rings. The minimum atomic E-state index is 0.361. The van der Waals surface area contributed by atoms with Crippen LogP contribution in [0, 0.1) is 6.92 Å². The van der Waals surface area contributed by atoms with Gasteiger partial charge >= 0.3 is 0 Å². The van der Waals surface area contributed by atoms with E-state index in [1.165, 1.54) is 38.5 Å². The third-order valence-corrected chi connectivity index (χ3v) is 7.31. The molecule has 0 unspecified atom stereocenters. The number of benzene rings is 2. The minimum absolute atomic E-state index is 0.361.